The summed E-state index contributed by atoms with van der Waals surface area (Å²) in [5.41, 5.74) is 12.7. The molecule has 0 saturated carbocycles. The molecule has 0 radical (unpaired) electrons. The van der Waals surface area contributed by atoms with Crippen molar-refractivity contribution in [3.63, 3.8) is 0 Å². The lowest BCUT2D eigenvalue weighted by Gasteiger charge is -2.37. The lowest BCUT2D eigenvalue weighted by Crippen LogP contribution is -2.42. The number of nitrogens with zero attached hydrogens (tertiary/aromatic N) is 4. The molecule has 0 fully saturated rings. The largest absolute Gasteiger partial charge is 0.497 e. The van der Waals surface area contributed by atoms with Gasteiger partial charge in [0.15, 0.2) is 0 Å². The second-order valence-corrected chi connectivity index (χ2v) is 6.41. The lowest BCUT2D eigenvalue weighted by atomic mass is 9.96. The minimum Gasteiger partial charge on any atom is -0.497 e. The number of fused-ring (bicyclic) bond motifs is 1. The van der Waals surface area contributed by atoms with Gasteiger partial charge in [-0.3, -0.25) is 0 Å². The fraction of sp³-hybridized carbons (Fsp3) is 0.333. The fourth-order valence-corrected chi connectivity index (χ4v) is 3.31. The van der Waals surface area contributed by atoms with Crippen molar-refractivity contribution < 1.29 is 9.47 Å². The summed E-state index contributed by atoms with van der Waals surface area (Å²) in [6.45, 7) is 2.83. The third-order valence-electron chi connectivity index (χ3n) is 4.45. The van der Waals surface area contributed by atoms with E-state index in [0.717, 1.165) is 33.9 Å². The molecule has 0 saturated heterocycles. The number of ether oxygens (including phenoxy) is 2. The third kappa shape index (κ3) is 3.31. The summed E-state index contributed by atoms with van der Waals surface area (Å²) < 4.78 is 11.2. The molecule has 2 aromatic carbocycles. The first kappa shape index (κ1) is 17.3. The molecule has 0 amide bonds. The molecule has 1 atom stereocenters. The Hall–Kier alpha value is -2.56. The Labute approximate surface area is 151 Å². The molecule has 0 spiro atoms. The molecule has 1 unspecified atom stereocenters. The van der Waals surface area contributed by atoms with Crippen LogP contribution in [0.25, 0.3) is 21.6 Å². The van der Waals surface area contributed by atoms with Crippen LogP contribution in [0.15, 0.2) is 35.4 Å². The molecule has 25 heavy (non-hydrogen) atoms. The topological polar surface area (TPSA) is 70.5 Å². The maximum absolute atomic E-state index is 8.60. The molecule has 0 N–H and O–H groups in total. The maximum Gasteiger partial charge on any atom is 0.144 e. The summed E-state index contributed by atoms with van der Waals surface area (Å²) in [5.74, 6) is 1.54. The van der Waals surface area contributed by atoms with Crippen molar-refractivity contribution >= 4 is 17.3 Å². The van der Waals surface area contributed by atoms with Crippen LogP contribution in [-0.4, -0.2) is 33.4 Å². The number of halogens is 1. The van der Waals surface area contributed by atoms with Gasteiger partial charge in [-0.1, -0.05) is 22.8 Å². The van der Waals surface area contributed by atoms with E-state index in [0.29, 0.717) is 18.2 Å². The maximum atomic E-state index is 8.60. The lowest BCUT2D eigenvalue weighted by molar-refractivity contribution is 0.269. The summed E-state index contributed by atoms with van der Waals surface area (Å²) in [6, 6.07) is 9.66. The molecular formula is C18H19ClN4O2. The summed E-state index contributed by atoms with van der Waals surface area (Å²) in [7, 11) is 3.63. The van der Waals surface area contributed by atoms with E-state index in [1.54, 1.807) is 7.11 Å². The highest BCUT2D eigenvalue weighted by molar-refractivity contribution is 6.31. The number of likely N-dealkylation sites (N-methyl/N-ethyl adjacent to an activating group) is 1. The van der Waals surface area contributed by atoms with Crippen LogP contribution in [-0.2, 0) is 0 Å². The van der Waals surface area contributed by atoms with E-state index in [2.05, 4.69) is 14.9 Å². The summed E-state index contributed by atoms with van der Waals surface area (Å²) in [6.07, 6.45) is 0. The molecule has 130 valence electrons. The standard InChI is InChI=1S/C18H19ClN4O2/c1-11-6-14(24-3)4-5-15(11)16-7-12(19)8-17-18(16)23(2)13(10-25-17)9-21-22-20/h4-8,13H,9-10H2,1-3H3. The Bertz CT molecular complexity index is 849. The van der Waals surface area contributed by atoms with Crippen molar-refractivity contribution in [3.05, 3.63) is 51.4 Å². The molecule has 1 aliphatic rings. The number of benzene rings is 2. The van der Waals surface area contributed by atoms with Crippen molar-refractivity contribution in [2.45, 2.75) is 13.0 Å². The van der Waals surface area contributed by atoms with E-state index in [1.165, 1.54) is 0 Å². The predicted molar refractivity (Wildman–Crippen MR) is 99.9 cm³/mol. The first-order valence-corrected chi connectivity index (χ1v) is 8.28. The Morgan fingerprint density at radius 2 is 2.16 bits per heavy atom. The van der Waals surface area contributed by atoms with Crippen LogP contribution < -0.4 is 14.4 Å². The van der Waals surface area contributed by atoms with Crippen LogP contribution in [0.2, 0.25) is 5.02 Å². The van der Waals surface area contributed by atoms with Crippen LogP contribution in [0.1, 0.15) is 5.56 Å². The van der Waals surface area contributed by atoms with Crippen molar-refractivity contribution in [1.29, 1.82) is 0 Å². The number of hydrogen-bond donors (Lipinski definition) is 0. The van der Waals surface area contributed by atoms with Crippen LogP contribution in [0, 0.1) is 6.92 Å². The van der Waals surface area contributed by atoms with Gasteiger partial charge >= 0.3 is 0 Å². The minimum absolute atomic E-state index is 0.0260. The van der Waals surface area contributed by atoms with Gasteiger partial charge in [-0.2, -0.15) is 0 Å². The molecule has 6 nitrogen and oxygen atoms in total. The first-order valence-electron chi connectivity index (χ1n) is 7.90. The van der Waals surface area contributed by atoms with Gasteiger partial charge in [-0.25, -0.2) is 0 Å². The Morgan fingerprint density at radius 1 is 1.36 bits per heavy atom. The zero-order chi connectivity index (χ0) is 18.0. The molecule has 3 rings (SSSR count). The number of rotatable bonds is 4. The normalized spacial score (nSPS) is 15.8. The Morgan fingerprint density at radius 3 is 2.84 bits per heavy atom. The molecule has 1 heterocycles. The second kappa shape index (κ2) is 7.13. The minimum atomic E-state index is -0.0260. The Kier molecular flexibility index (Phi) is 4.93. The van der Waals surface area contributed by atoms with Crippen LogP contribution in [0.3, 0.4) is 0 Å². The Balaban J connectivity index is 2.12. The van der Waals surface area contributed by atoms with Crippen molar-refractivity contribution in [3.8, 4) is 22.6 Å². The van der Waals surface area contributed by atoms with Gasteiger partial charge in [0.2, 0.25) is 0 Å². The van der Waals surface area contributed by atoms with Crippen LogP contribution >= 0.6 is 11.6 Å². The van der Waals surface area contributed by atoms with Gasteiger partial charge in [-0.05, 0) is 41.8 Å². The molecule has 0 bridgehead atoms. The highest BCUT2D eigenvalue weighted by Gasteiger charge is 2.28. The van der Waals surface area contributed by atoms with E-state index >= 15 is 0 Å². The van der Waals surface area contributed by atoms with E-state index in [9.17, 15) is 0 Å². The van der Waals surface area contributed by atoms with Crippen molar-refractivity contribution in [2.75, 3.05) is 32.2 Å². The summed E-state index contributed by atoms with van der Waals surface area (Å²) in [4.78, 5) is 4.96. The highest BCUT2D eigenvalue weighted by Crippen LogP contribution is 2.45. The smallest absolute Gasteiger partial charge is 0.144 e. The average Bonchev–Trinajstić information content (AvgIpc) is 2.60. The predicted octanol–water partition coefficient (Wildman–Crippen LogP) is 4.83. The highest BCUT2D eigenvalue weighted by atomic mass is 35.5. The van der Waals surface area contributed by atoms with Gasteiger partial charge in [0.05, 0.1) is 18.8 Å². The zero-order valence-corrected chi connectivity index (χ0v) is 15.1. The molecular weight excluding hydrogens is 340 g/mol. The zero-order valence-electron chi connectivity index (χ0n) is 14.4. The van der Waals surface area contributed by atoms with Gasteiger partial charge in [0, 0.05) is 35.2 Å². The molecule has 7 heteroatoms. The van der Waals surface area contributed by atoms with Gasteiger partial charge in [0.1, 0.15) is 18.1 Å². The van der Waals surface area contributed by atoms with Gasteiger partial charge in [-0.15, -0.1) is 0 Å². The summed E-state index contributed by atoms with van der Waals surface area (Å²) >= 11 is 6.32. The molecule has 1 aliphatic heterocycles. The number of hydrogen-bond acceptors (Lipinski definition) is 4. The van der Waals surface area contributed by atoms with E-state index < -0.39 is 0 Å². The van der Waals surface area contributed by atoms with E-state index in [-0.39, 0.29) is 6.04 Å². The molecule has 0 aromatic heterocycles. The van der Waals surface area contributed by atoms with Crippen molar-refractivity contribution in [2.24, 2.45) is 5.11 Å². The van der Waals surface area contributed by atoms with Crippen LogP contribution in [0.4, 0.5) is 5.69 Å². The van der Waals surface area contributed by atoms with Gasteiger partial charge in [0.25, 0.3) is 0 Å². The quantitative estimate of drug-likeness (QED) is 0.446. The number of aryl methyl sites for hydroxylation is 1. The van der Waals surface area contributed by atoms with E-state index in [4.69, 9.17) is 26.6 Å². The number of anilines is 1. The second-order valence-electron chi connectivity index (χ2n) is 5.97. The fourth-order valence-electron chi connectivity index (χ4n) is 3.11. The first-order chi connectivity index (χ1) is 12.0. The number of azide groups is 1. The molecule has 0 aliphatic carbocycles. The van der Waals surface area contributed by atoms with Crippen LogP contribution in [0.5, 0.6) is 11.5 Å². The SMILES string of the molecule is COc1ccc(-c2cc(Cl)cc3c2N(C)C(CN=[N+]=[N-])CO3)c(C)c1. The average molecular weight is 359 g/mol. The third-order valence-corrected chi connectivity index (χ3v) is 4.67. The summed E-state index contributed by atoms with van der Waals surface area (Å²) in [5, 5.41) is 4.31. The van der Waals surface area contributed by atoms with Crippen molar-refractivity contribution in [1.82, 2.24) is 0 Å². The van der Waals surface area contributed by atoms with E-state index in [1.807, 2.05) is 44.3 Å². The van der Waals surface area contributed by atoms with Gasteiger partial charge < -0.3 is 14.4 Å². The number of methoxy groups -OCH3 is 1. The monoisotopic (exact) mass is 358 g/mol. The molecule has 2 aromatic rings.